The largest absolute Gasteiger partial charge is 0.309 e. The molecule has 0 saturated heterocycles. The molecule has 9 aromatic carbocycles. The van der Waals surface area contributed by atoms with Crippen LogP contribution < -0.4 is 0 Å². The molecule has 0 aliphatic heterocycles. The van der Waals surface area contributed by atoms with Crippen molar-refractivity contribution >= 4 is 87.2 Å². The maximum Gasteiger partial charge on any atom is 0.240 e. The van der Waals surface area contributed by atoms with Crippen LogP contribution in [-0.2, 0) is 0 Å². The molecule has 5 heterocycles. The van der Waals surface area contributed by atoms with E-state index in [0.29, 0.717) is 17.7 Å². The Labute approximate surface area is 366 Å². The molecule has 0 unspecified atom stereocenters. The molecule has 0 saturated carbocycles. The zero-order valence-corrected chi connectivity index (χ0v) is 34.3. The lowest BCUT2D eigenvalue weighted by Gasteiger charge is -2.13. The van der Waals surface area contributed by atoms with Crippen molar-refractivity contribution in [3.63, 3.8) is 0 Å². The van der Waals surface area contributed by atoms with Crippen molar-refractivity contribution in [2.24, 2.45) is 0 Å². The van der Waals surface area contributed by atoms with E-state index in [1.54, 1.807) is 0 Å². The van der Waals surface area contributed by atoms with E-state index >= 15 is 0 Å². The third-order valence-corrected chi connectivity index (χ3v) is 13.0. The van der Waals surface area contributed by atoms with Crippen molar-refractivity contribution in [1.29, 1.82) is 0 Å². The van der Waals surface area contributed by atoms with Gasteiger partial charge in [-0.1, -0.05) is 146 Å². The highest BCUT2D eigenvalue weighted by Crippen LogP contribution is 2.44. The van der Waals surface area contributed by atoms with Crippen LogP contribution in [0.5, 0.6) is 0 Å². The molecule has 0 aliphatic carbocycles. The van der Waals surface area contributed by atoms with Gasteiger partial charge >= 0.3 is 0 Å². The van der Waals surface area contributed by atoms with Gasteiger partial charge in [-0.05, 0) is 66.7 Å². The maximum atomic E-state index is 5.53. The molecule has 64 heavy (non-hydrogen) atoms. The lowest BCUT2D eigenvalue weighted by Crippen LogP contribution is -2.10. The monoisotopic (exact) mass is 817 g/mol. The fourth-order valence-corrected chi connectivity index (χ4v) is 10.4. The van der Waals surface area contributed by atoms with E-state index in [4.69, 9.17) is 15.0 Å². The van der Waals surface area contributed by atoms with Gasteiger partial charge in [0.2, 0.25) is 11.9 Å². The topological polar surface area (TPSA) is 58.4 Å². The van der Waals surface area contributed by atoms with Crippen molar-refractivity contribution in [1.82, 2.24) is 33.2 Å². The van der Waals surface area contributed by atoms with E-state index in [9.17, 15) is 0 Å². The predicted molar refractivity (Wildman–Crippen MR) is 263 cm³/mol. The summed E-state index contributed by atoms with van der Waals surface area (Å²) in [5.74, 6) is 1.69. The first kappa shape index (κ1) is 34.9. The van der Waals surface area contributed by atoms with Crippen molar-refractivity contribution in [2.45, 2.75) is 0 Å². The first-order valence-corrected chi connectivity index (χ1v) is 21.6. The highest BCUT2D eigenvalue weighted by Gasteiger charge is 2.25. The van der Waals surface area contributed by atoms with Crippen LogP contribution in [-0.4, -0.2) is 33.2 Å². The second-order valence-electron chi connectivity index (χ2n) is 16.4. The molecule has 7 nitrogen and oxygen atoms in total. The van der Waals surface area contributed by atoms with E-state index in [1.807, 2.05) is 18.2 Å². The van der Waals surface area contributed by atoms with Crippen LogP contribution >= 0.6 is 0 Å². The summed E-state index contributed by atoms with van der Waals surface area (Å²) >= 11 is 0. The van der Waals surface area contributed by atoms with Gasteiger partial charge in [-0.25, -0.2) is 0 Å². The molecular weight excluding hydrogens is 783 g/mol. The molecular formula is C57H35N7. The minimum Gasteiger partial charge on any atom is -0.309 e. The number of hydrogen-bond acceptors (Lipinski definition) is 3. The summed E-state index contributed by atoms with van der Waals surface area (Å²) in [5, 5.41) is 9.37. The Kier molecular flexibility index (Phi) is 7.27. The second-order valence-corrected chi connectivity index (χ2v) is 16.4. The number of rotatable bonds is 5. The van der Waals surface area contributed by atoms with Gasteiger partial charge in [0.05, 0.1) is 44.1 Å². The highest BCUT2D eigenvalue weighted by molar-refractivity contribution is 6.29. The molecule has 0 amide bonds. The molecule has 0 fully saturated rings. The summed E-state index contributed by atoms with van der Waals surface area (Å²) in [4.78, 5) is 16.3. The van der Waals surface area contributed by atoms with E-state index in [2.05, 4.69) is 212 Å². The lowest BCUT2D eigenvalue weighted by atomic mass is 10.1. The number of para-hydroxylation sites is 6. The average molecular weight is 818 g/mol. The smallest absolute Gasteiger partial charge is 0.240 e. The molecule has 5 aromatic heterocycles. The van der Waals surface area contributed by atoms with Gasteiger partial charge < -0.3 is 9.13 Å². The highest BCUT2D eigenvalue weighted by atomic mass is 15.3. The van der Waals surface area contributed by atoms with Crippen LogP contribution in [0.3, 0.4) is 0 Å². The number of fused-ring (bicyclic) bond motifs is 14. The molecule has 0 spiro atoms. The van der Waals surface area contributed by atoms with Gasteiger partial charge in [-0.2, -0.15) is 15.0 Å². The van der Waals surface area contributed by atoms with Crippen LogP contribution in [0.25, 0.3) is 122 Å². The summed E-state index contributed by atoms with van der Waals surface area (Å²) in [6.07, 6.45) is 0. The van der Waals surface area contributed by atoms with Crippen LogP contribution in [0.4, 0.5) is 0 Å². The van der Waals surface area contributed by atoms with Crippen LogP contribution in [0.15, 0.2) is 212 Å². The Hall–Kier alpha value is -8.81. The lowest BCUT2D eigenvalue weighted by molar-refractivity contribution is 0.893. The van der Waals surface area contributed by atoms with Gasteiger partial charge in [0.1, 0.15) is 0 Å². The Balaban J connectivity index is 1.10. The Morgan fingerprint density at radius 2 is 0.641 bits per heavy atom. The molecule has 0 bridgehead atoms. The molecule has 0 radical (unpaired) electrons. The van der Waals surface area contributed by atoms with E-state index in [-0.39, 0.29) is 0 Å². The standard InChI is InChI=1S/C57H35N7/c1-4-18-36(19-5-1)55-58-56(63-46-30-16-12-26-42(46)52-49(63)35-34-48-51(52)41-25-11-15-29-45(41)61(48)37-20-6-2-7-21-37)60-57(59-55)64-47-31-17-13-27-43(47)53-50(64)33-32-40-39-24-10-14-28-44(39)62(54(40)53)38-22-8-3-9-23-38/h1-35H. The number of aromatic nitrogens is 7. The SMILES string of the molecule is c1ccc(-c2nc(-n3c4ccccc4c4c5c6ccccc6n(-c6ccccc6)c5ccc43)nc(-n3c4ccccc4c4c3ccc3c5ccccc5n(-c5ccccc5)c34)n2)cc1. The van der Waals surface area contributed by atoms with Crippen molar-refractivity contribution < 1.29 is 0 Å². The summed E-state index contributed by atoms with van der Waals surface area (Å²) in [6, 6.07) is 75.3. The van der Waals surface area contributed by atoms with Crippen molar-refractivity contribution in [2.75, 3.05) is 0 Å². The summed E-state index contributed by atoms with van der Waals surface area (Å²) in [7, 11) is 0. The Bertz CT molecular complexity index is 4180. The Morgan fingerprint density at radius 3 is 1.20 bits per heavy atom. The fraction of sp³-hybridized carbons (Fsp3) is 0. The van der Waals surface area contributed by atoms with E-state index in [0.717, 1.165) is 82.6 Å². The van der Waals surface area contributed by atoms with E-state index in [1.165, 1.54) is 21.5 Å². The van der Waals surface area contributed by atoms with Gasteiger partial charge in [0.25, 0.3) is 0 Å². The van der Waals surface area contributed by atoms with Crippen LogP contribution in [0.1, 0.15) is 0 Å². The molecule has 0 atom stereocenters. The van der Waals surface area contributed by atoms with Gasteiger partial charge in [-0.3, -0.25) is 9.13 Å². The predicted octanol–water partition coefficient (Wildman–Crippen LogP) is 13.9. The minimum atomic E-state index is 0.546. The third-order valence-electron chi connectivity index (χ3n) is 13.0. The minimum absolute atomic E-state index is 0.546. The van der Waals surface area contributed by atoms with Gasteiger partial charge in [0, 0.05) is 60.0 Å². The van der Waals surface area contributed by atoms with Crippen LogP contribution in [0.2, 0.25) is 0 Å². The number of nitrogens with zero attached hydrogens (tertiary/aromatic N) is 7. The molecule has 14 aromatic rings. The molecule has 0 aliphatic rings. The third kappa shape index (κ3) is 4.83. The zero-order valence-electron chi connectivity index (χ0n) is 34.3. The summed E-state index contributed by atoms with van der Waals surface area (Å²) < 4.78 is 9.25. The quantitative estimate of drug-likeness (QED) is 0.174. The number of hydrogen-bond donors (Lipinski definition) is 0. The Morgan fingerprint density at radius 1 is 0.250 bits per heavy atom. The fourth-order valence-electron chi connectivity index (χ4n) is 10.4. The summed E-state index contributed by atoms with van der Waals surface area (Å²) in [6.45, 7) is 0. The molecule has 14 rings (SSSR count). The normalized spacial score (nSPS) is 12.1. The number of benzene rings is 9. The second kappa shape index (κ2) is 13.3. The molecule has 7 heteroatoms. The first-order chi connectivity index (χ1) is 31.8. The van der Waals surface area contributed by atoms with Gasteiger partial charge in [-0.15, -0.1) is 0 Å². The van der Waals surface area contributed by atoms with Crippen LogP contribution in [0, 0.1) is 0 Å². The zero-order chi connectivity index (χ0) is 41.9. The van der Waals surface area contributed by atoms with Crippen molar-refractivity contribution in [3.8, 4) is 34.7 Å². The van der Waals surface area contributed by atoms with Crippen molar-refractivity contribution in [3.05, 3.63) is 212 Å². The maximum absolute atomic E-state index is 5.53. The van der Waals surface area contributed by atoms with Gasteiger partial charge in [0.15, 0.2) is 5.82 Å². The average Bonchev–Trinajstić information content (AvgIpc) is 4.09. The van der Waals surface area contributed by atoms with E-state index < -0.39 is 0 Å². The summed E-state index contributed by atoms with van der Waals surface area (Å²) in [5.41, 5.74) is 11.8. The molecule has 0 N–H and O–H groups in total. The molecule has 298 valence electrons. The first-order valence-electron chi connectivity index (χ1n) is 21.6.